The fourth-order valence-electron chi connectivity index (χ4n) is 0.354. The Bertz CT molecular complexity index is 11.1. The van der Waals surface area contributed by atoms with Gasteiger partial charge in [-0.05, 0) is 0 Å². The van der Waals surface area contributed by atoms with E-state index in [0.29, 0.717) is 9.52 Å². The lowest BCUT2D eigenvalue weighted by molar-refractivity contribution is 1.07. The van der Waals surface area contributed by atoms with Crippen LogP contribution in [0.15, 0.2) is 0 Å². The van der Waals surface area contributed by atoms with Crippen LogP contribution in [0.25, 0.3) is 0 Å². The van der Waals surface area contributed by atoms with Crippen LogP contribution in [0.5, 0.6) is 0 Å². The van der Waals surface area contributed by atoms with E-state index in [9.17, 15) is 0 Å². The summed E-state index contributed by atoms with van der Waals surface area (Å²) in [4.78, 5) is 0. The highest BCUT2D eigenvalue weighted by molar-refractivity contribution is 6.33. The van der Waals surface area contributed by atoms with Gasteiger partial charge in [0.25, 0.3) is 0 Å². The lowest BCUT2D eigenvalue weighted by Gasteiger charge is -1.78. The van der Waals surface area contributed by atoms with Crippen molar-refractivity contribution in [2.75, 3.05) is 0 Å². The first kappa shape index (κ1) is 5.22. The summed E-state index contributed by atoms with van der Waals surface area (Å²) >= 11 is 0. The first-order valence-electron chi connectivity index (χ1n) is 2.41. The second-order valence-corrected chi connectivity index (χ2v) is 3.06. The average molecular weight is 88.2 g/mol. The predicted octanol–water partition coefficient (Wildman–Crippen LogP) is 1.03. The van der Waals surface area contributed by atoms with E-state index in [4.69, 9.17) is 0 Å². The minimum Gasteiger partial charge on any atom is -0.0748 e. The summed E-state index contributed by atoms with van der Waals surface area (Å²) < 4.78 is 0. The molecule has 0 aliphatic heterocycles. The van der Waals surface area contributed by atoms with Gasteiger partial charge in [0.1, 0.15) is 0 Å². The molecule has 0 aliphatic rings. The van der Waals surface area contributed by atoms with E-state index in [1.54, 1.807) is 0 Å². The zero-order chi connectivity index (χ0) is 4.12. The highest BCUT2D eigenvalue weighted by Crippen LogP contribution is 1.81. The molecule has 0 heterocycles. The van der Waals surface area contributed by atoms with Gasteiger partial charge in [-0.25, -0.2) is 0 Å². The topological polar surface area (TPSA) is 0 Å². The smallest absolute Gasteiger partial charge is 0.0166 e. The third-order valence-electron chi connectivity index (χ3n) is 0.707. The van der Waals surface area contributed by atoms with E-state index in [2.05, 4.69) is 13.5 Å². The summed E-state index contributed by atoms with van der Waals surface area (Å²) in [7, 11) is 0.414. The molecule has 0 aromatic rings. The summed E-state index contributed by atoms with van der Waals surface area (Å²) in [5, 5.41) is 0. The SMILES string of the molecule is CCC[SiH2]C. The van der Waals surface area contributed by atoms with Crippen LogP contribution in [0.1, 0.15) is 13.3 Å². The fourth-order valence-corrected chi connectivity index (χ4v) is 1.06. The van der Waals surface area contributed by atoms with Crippen LogP contribution in [0, 0.1) is 0 Å². The van der Waals surface area contributed by atoms with Gasteiger partial charge in [-0.1, -0.05) is 25.9 Å². The third kappa shape index (κ3) is 4.22. The molecule has 32 valence electrons. The van der Waals surface area contributed by atoms with Crippen molar-refractivity contribution < 1.29 is 0 Å². The van der Waals surface area contributed by atoms with Crippen molar-refractivity contribution in [3.8, 4) is 0 Å². The second-order valence-electron chi connectivity index (χ2n) is 1.35. The zero-order valence-corrected chi connectivity index (χ0v) is 5.54. The van der Waals surface area contributed by atoms with E-state index in [1.807, 2.05) is 0 Å². The largest absolute Gasteiger partial charge is 0.0748 e. The van der Waals surface area contributed by atoms with Crippen molar-refractivity contribution in [2.45, 2.75) is 25.9 Å². The molecule has 0 N–H and O–H groups in total. The highest BCUT2D eigenvalue weighted by atomic mass is 28.2. The molecule has 0 radical (unpaired) electrons. The predicted molar refractivity (Wildman–Crippen MR) is 29.5 cm³/mol. The molecular formula is C4H12Si. The molecule has 0 bridgehead atoms. The van der Waals surface area contributed by atoms with Gasteiger partial charge < -0.3 is 0 Å². The molecule has 0 aromatic heterocycles. The van der Waals surface area contributed by atoms with E-state index in [1.165, 1.54) is 12.5 Å². The number of rotatable bonds is 2. The molecule has 0 fully saturated rings. The van der Waals surface area contributed by atoms with E-state index in [0.717, 1.165) is 0 Å². The maximum atomic E-state index is 2.35. The van der Waals surface area contributed by atoms with Gasteiger partial charge in [-0.15, -0.1) is 0 Å². The Kier molecular flexibility index (Phi) is 4.40. The monoisotopic (exact) mass is 88.1 g/mol. The van der Waals surface area contributed by atoms with E-state index >= 15 is 0 Å². The summed E-state index contributed by atoms with van der Waals surface area (Å²) in [6.07, 6.45) is 1.41. The van der Waals surface area contributed by atoms with Crippen LogP contribution in [-0.4, -0.2) is 9.52 Å². The van der Waals surface area contributed by atoms with Crippen LogP contribution in [0.3, 0.4) is 0 Å². The van der Waals surface area contributed by atoms with Crippen molar-refractivity contribution in [1.82, 2.24) is 0 Å². The molecule has 5 heavy (non-hydrogen) atoms. The summed E-state index contributed by atoms with van der Waals surface area (Å²) in [5.41, 5.74) is 0. The Hall–Kier alpha value is 0.217. The Morgan fingerprint density at radius 3 is 2.20 bits per heavy atom. The van der Waals surface area contributed by atoms with Crippen LogP contribution in [0.2, 0.25) is 12.6 Å². The summed E-state index contributed by atoms with van der Waals surface area (Å²) in [5.74, 6) is 0. The molecule has 0 amide bonds. The molecule has 0 aliphatic carbocycles. The Balaban J connectivity index is 2.19. The van der Waals surface area contributed by atoms with Gasteiger partial charge in [0.15, 0.2) is 0 Å². The molecule has 0 atom stereocenters. The van der Waals surface area contributed by atoms with Crippen LogP contribution in [-0.2, 0) is 0 Å². The number of hydrogen-bond donors (Lipinski definition) is 0. The molecule has 0 nitrogen and oxygen atoms in total. The molecule has 0 saturated carbocycles. The van der Waals surface area contributed by atoms with Crippen LogP contribution in [0.4, 0.5) is 0 Å². The summed E-state index contributed by atoms with van der Waals surface area (Å²) in [6, 6.07) is 1.53. The Labute approximate surface area is 36.4 Å². The standard InChI is InChI=1S/C4H12Si/c1-3-4-5-2/h3-5H2,1-2H3. The lowest BCUT2D eigenvalue weighted by Crippen LogP contribution is -1.73. The first-order valence-corrected chi connectivity index (χ1v) is 4.83. The summed E-state index contributed by atoms with van der Waals surface area (Å²) in [6.45, 7) is 4.60. The normalized spacial score (nSPS) is 10.8. The van der Waals surface area contributed by atoms with Crippen molar-refractivity contribution >= 4 is 9.52 Å². The van der Waals surface area contributed by atoms with Crippen LogP contribution >= 0.6 is 0 Å². The zero-order valence-electron chi connectivity index (χ0n) is 4.12. The van der Waals surface area contributed by atoms with Gasteiger partial charge in [0, 0.05) is 9.52 Å². The average Bonchev–Trinajstić information content (AvgIpc) is 1.41. The van der Waals surface area contributed by atoms with Gasteiger partial charge in [-0.3, -0.25) is 0 Å². The molecule has 1 heteroatoms. The fraction of sp³-hybridized carbons (Fsp3) is 1.00. The minimum atomic E-state index is 0.414. The van der Waals surface area contributed by atoms with Crippen molar-refractivity contribution in [3.05, 3.63) is 0 Å². The van der Waals surface area contributed by atoms with Gasteiger partial charge >= 0.3 is 0 Å². The molecule has 0 saturated heterocycles. The van der Waals surface area contributed by atoms with Crippen molar-refractivity contribution in [2.24, 2.45) is 0 Å². The minimum absolute atomic E-state index is 0.414. The Morgan fingerprint density at radius 1 is 1.60 bits per heavy atom. The first-order chi connectivity index (χ1) is 2.41. The third-order valence-corrected chi connectivity index (χ3v) is 2.12. The van der Waals surface area contributed by atoms with Gasteiger partial charge in [0.2, 0.25) is 0 Å². The maximum absolute atomic E-state index is 2.35. The maximum Gasteiger partial charge on any atom is 0.0166 e. The van der Waals surface area contributed by atoms with E-state index in [-0.39, 0.29) is 0 Å². The Morgan fingerprint density at radius 2 is 2.20 bits per heavy atom. The van der Waals surface area contributed by atoms with Gasteiger partial charge in [-0.2, -0.15) is 0 Å². The van der Waals surface area contributed by atoms with Crippen molar-refractivity contribution in [1.29, 1.82) is 0 Å². The van der Waals surface area contributed by atoms with Crippen molar-refractivity contribution in [3.63, 3.8) is 0 Å². The van der Waals surface area contributed by atoms with E-state index < -0.39 is 0 Å². The second kappa shape index (κ2) is 4.22. The highest BCUT2D eigenvalue weighted by Gasteiger charge is 1.69. The van der Waals surface area contributed by atoms with Gasteiger partial charge in [0.05, 0.1) is 0 Å². The number of hydrogen-bond acceptors (Lipinski definition) is 0. The quantitative estimate of drug-likeness (QED) is 0.442. The molecule has 0 unspecified atom stereocenters. The lowest BCUT2D eigenvalue weighted by atomic mass is 10.6. The molecule has 0 aromatic carbocycles. The molecular weight excluding hydrogens is 76.1 g/mol. The van der Waals surface area contributed by atoms with Crippen LogP contribution < -0.4 is 0 Å². The molecule has 0 spiro atoms. The molecule has 0 rings (SSSR count).